The highest BCUT2D eigenvalue weighted by Gasteiger charge is 2.11. The summed E-state index contributed by atoms with van der Waals surface area (Å²) >= 11 is 0. The third-order valence-corrected chi connectivity index (χ3v) is 5.03. The van der Waals surface area contributed by atoms with Crippen LogP contribution in [-0.2, 0) is 4.74 Å². The molecule has 1 aliphatic heterocycles. The van der Waals surface area contributed by atoms with Crippen LogP contribution < -0.4 is 10.3 Å². The zero-order valence-corrected chi connectivity index (χ0v) is 16.4. The Balaban J connectivity index is 1.37. The Morgan fingerprint density at radius 3 is 2.41 bits per heavy atom. The second kappa shape index (κ2) is 8.75. The van der Waals surface area contributed by atoms with E-state index in [9.17, 15) is 4.79 Å². The number of hydrazone groups is 1. The lowest BCUT2D eigenvalue weighted by atomic mass is 10.1. The molecule has 1 aromatic heterocycles. The number of hydrogen-bond donors (Lipinski definition) is 1. The topological polar surface area (TPSA) is 58.9 Å². The van der Waals surface area contributed by atoms with Crippen LogP contribution in [-0.4, -0.2) is 43.0 Å². The molecule has 1 fully saturated rings. The van der Waals surface area contributed by atoms with Crippen molar-refractivity contribution in [1.82, 2.24) is 9.99 Å². The van der Waals surface area contributed by atoms with Crippen LogP contribution in [0.15, 0.2) is 72.1 Å². The van der Waals surface area contributed by atoms with E-state index in [2.05, 4.69) is 27.6 Å². The average Bonchev–Trinajstić information content (AvgIpc) is 3.30. The Kier molecular flexibility index (Phi) is 5.72. The number of aryl methyl sites for hydroxylation is 1. The van der Waals surface area contributed by atoms with Gasteiger partial charge in [-0.2, -0.15) is 5.10 Å². The number of rotatable bonds is 5. The molecule has 0 unspecified atom stereocenters. The highest BCUT2D eigenvalue weighted by atomic mass is 16.5. The van der Waals surface area contributed by atoms with Gasteiger partial charge in [-0.3, -0.25) is 4.79 Å². The van der Waals surface area contributed by atoms with Crippen molar-refractivity contribution in [2.45, 2.75) is 6.92 Å². The molecule has 0 spiro atoms. The fourth-order valence-corrected chi connectivity index (χ4v) is 3.34. The second-order valence-corrected chi connectivity index (χ2v) is 6.98. The summed E-state index contributed by atoms with van der Waals surface area (Å²) in [7, 11) is 0. The van der Waals surface area contributed by atoms with E-state index in [0.29, 0.717) is 5.56 Å². The highest BCUT2D eigenvalue weighted by molar-refractivity contribution is 5.95. The molecule has 0 bridgehead atoms. The maximum absolute atomic E-state index is 12.3. The van der Waals surface area contributed by atoms with Crippen molar-refractivity contribution in [3.63, 3.8) is 0 Å². The number of carbonyl (C=O) groups is 1. The lowest BCUT2D eigenvalue weighted by molar-refractivity contribution is 0.0955. The van der Waals surface area contributed by atoms with Crippen LogP contribution >= 0.6 is 0 Å². The SMILES string of the molecule is Cc1cc(N2CCOCC2)ccc1/C=N/NC(=O)c1ccc(-n2cccc2)cc1. The molecule has 1 amide bonds. The minimum absolute atomic E-state index is 0.233. The second-order valence-electron chi connectivity index (χ2n) is 6.98. The first-order chi connectivity index (χ1) is 14.2. The van der Waals surface area contributed by atoms with Crippen molar-refractivity contribution in [3.8, 4) is 5.69 Å². The molecule has 1 N–H and O–H groups in total. The predicted molar refractivity (Wildman–Crippen MR) is 115 cm³/mol. The van der Waals surface area contributed by atoms with Gasteiger partial charge in [-0.1, -0.05) is 6.07 Å². The molecular weight excluding hydrogens is 364 g/mol. The van der Waals surface area contributed by atoms with Crippen LogP contribution in [0.5, 0.6) is 0 Å². The summed E-state index contributed by atoms with van der Waals surface area (Å²) in [5.74, 6) is -0.233. The van der Waals surface area contributed by atoms with Gasteiger partial charge in [-0.15, -0.1) is 0 Å². The third-order valence-electron chi connectivity index (χ3n) is 5.03. The predicted octanol–water partition coefficient (Wildman–Crippen LogP) is 3.39. The summed E-state index contributed by atoms with van der Waals surface area (Å²) in [6, 6.07) is 17.6. The van der Waals surface area contributed by atoms with E-state index in [1.165, 1.54) is 5.69 Å². The van der Waals surface area contributed by atoms with Crippen molar-refractivity contribution in [2.24, 2.45) is 5.10 Å². The number of morpholine rings is 1. The number of benzene rings is 2. The summed E-state index contributed by atoms with van der Waals surface area (Å²) in [6.07, 6.45) is 5.61. The Hall–Kier alpha value is -3.38. The van der Waals surface area contributed by atoms with Gasteiger partial charge in [0.1, 0.15) is 0 Å². The molecule has 3 aromatic rings. The molecule has 6 nitrogen and oxygen atoms in total. The fourth-order valence-electron chi connectivity index (χ4n) is 3.34. The molecule has 0 saturated carbocycles. The van der Waals surface area contributed by atoms with Gasteiger partial charge in [0.2, 0.25) is 0 Å². The number of nitrogens with one attached hydrogen (secondary N) is 1. The van der Waals surface area contributed by atoms with Gasteiger partial charge < -0.3 is 14.2 Å². The smallest absolute Gasteiger partial charge is 0.271 e. The number of amides is 1. The van der Waals surface area contributed by atoms with Crippen molar-refractivity contribution in [2.75, 3.05) is 31.2 Å². The quantitative estimate of drug-likeness (QED) is 0.538. The molecule has 2 aromatic carbocycles. The van der Waals surface area contributed by atoms with Crippen molar-refractivity contribution < 1.29 is 9.53 Å². The Morgan fingerprint density at radius 2 is 1.72 bits per heavy atom. The van der Waals surface area contributed by atoms with E-state index in [1.807, 2.05) is 54.2 Å². The lowest BCUT2D eigenvalue weighted by Gasteiger charge is -2.29. The molecule has 1 saturated heterocycles. The van der Waals surface area contributed by atoms with Crippen LogP contribution in [0.2, 0.25) is 0 Å². The molecule has 4 rings (SSSR count). The summed E-state index contributed by atoms with van der Waals surface area (Å²) in [4.78, 5) is 14.6. The van der Waals surface area contributed by atoms with E-state index < -0.39 is 0 Å². The normalized spacial score (nSPS) is 14.3. The number of aromatic nitrogens is 1. The third kappa shape index (κ3) is 4.55. The minimum Gasteiger partial charge on any atom is -0.378 e. The van der Waals surface area contributed by atoms with E-state index in [1.54, 1.807) is 18.3 Å². The summed E-state index contributed by atoms with van der Waals surface area (Å²) in [6.45, 7) is 5.40. The zero-order chi connectivity index (χ0) is 20.1. The Labute approximate surface area is 170 Å². The van der Waals surface area contributed by atoms with Crippen molar-refractivity contribution in [1.29, 1.82) is 0 Å². The first-order valence-electron chi connectivity index (χ1n) is 9.71. The number of ether oxygens (including phenoxy) is 1. The van der Waals surface area contributed by atoms with Crippen LogP contribution in [0.1, 0.15) is 21.5 Å². The van der Waals surface area contributed by atoms with E-state index >= 15 is 0 Å². The summed E-state index contributed by atoms with van der Waals surface area (Å²) in [5, 5.41) is 4.13. The maximum atomic E-state index is 12.3. The fraction of sp³-hybridized carbons (Fsp3) is 0.217. The molecule has 0 radical (unpaired) electrons. The number of nitrogens with zero attached hydrogens (tertiary/aromatic N) is 3. The van der Waals surface area contributed by atoms with Crippen LogP contribution in [0.25, 0.3) is 5.69 Å². The van der Waals surface area contributed by atoms with Crippen molar-refractivity contribution in [3.05, 3.63) is 83.7 Å². The number of anilines is 1. The molecule has 0 aliphatic carbocycles. The van der Waals surface area contributed by atoms with Gasteiger partial charge in [0.25, 0.3) is 5.91 Å². The molecule has 1 aliphatic rings. The first kappa shape index (κ1) is 19.0. The van der Waals surface area contributed by atoms with E-state index in [0.717, 1.165) is 43.1 Å². The molecule has 2 heterocycles. The largest absolute Gasteiger partial charge is 0.378 e. The maximum Gasteiger partial charge on any atom is 0.271 e. The molecular formula is C23H24N4O2. The standard InChI is InChI=1S/C23H24N4O2/c1-18-16-22(27-12-14-29-15-13-27)9-6-20(18)17-24-25-23(28)19-4-7-21(8-5-19)26-10-2-3-11-26/h2-11,16-17H,12-15H2,1H3,(H,25,28)/b24-17+. The molecule has 0 atom stereocenters. The first-order valence-corrected chi connectivity index (χ1v) is 9.71. The Morgan fingerprint density at radius 1 is 1.03 bits per heavy atom. The van der Waals surface area contributed by atoms with Gasteiger partial charge in [0.05, 0.1) is 19.4 Å². The van der Waals surface area contributed by atoms with Gasteiger partial charge >= 0.3 is 0 Å². The van der Waals surface area contributed by atoms with E-state index in [-0.39, 0.29) is 5.91 Å². The van der Waals surface area contributed by atoms with Gasteiger partial charge in [0, 0.05) is 42.4 Å². The highest BCUT2D eigenvalue weighted by Crippen LogP contribution is 2.19. The van der Waals surface area contributed by atoms with Crippen LogP contribution in [0.3, 0.4) is 0 Å². The van der Waals surface area contributed by atoms with Crippen molar-refractivity contribution >= 4 is 17.8 Å². The lowest BCUT2D eigenvalue weighted by Crippen LogP contribution is -2.36. The number of carbonyl (C=O) groups excluding carboxylic acids is 1. The zero-order valence-electron chi connectivity index (χ0n) is 16.4. The molecule has 29 heavy (non-hydrogen) atoms. The monoisotopic (exact) mass is 388 g/mol. The molecule has 6 heteroatoms. The average molecular weight is 388 g/mol. The van der Waals surface area contributed by atoms with Gasteiger partial charge in [-0.05, 0) is 66.6 Å². The minimum atomic E-state index is -0.233. The summed E-state index contributed by atoms with van der Waals surface area (Å²) in [5.41, 5.74) is 7.46. The summed E-state index contributed by atoms with van der Waals surface area (Å²) < 4.78 is 7.40. The van der Waals surface area contributed by atoms with Crippen LogP contribution in [0.4, 0.5) is 5.69 Å². The Bertz CT molecular complexity index is 988. The van der Waals surface area contributed by atoms with Gasteiger partial charge in [0.15, 0.2) is 0 Å². The van der Waals surface area contributed by atoms with Crippen LogP contribution in [0, 0.1) is 6.92 Å². The van der Waals surface area contributed by atoms with E-state index in [4.69, 9.17) is 4.74 Å². The van der Waals surface area contributed by atoms with Gasteiger partial charge in [-0.25, -0.2) is 5.43 Å². The molecule has 148 valence electrons. The number of hydrogen-bond acceptors (Lipinski definition) is 4.